The van der Waals surface area contributed by atoms with Crippen LogP contribution in [0.2, 0.25) is 0 Å². The van der Waals surface area contributed by atoms with E-state index in [9.17, 15) is 19.2 Å². The van der Waals surface area contributed by atoms with E-state index in [-0.39, 0.29) is 17.4 Å². The van der Waals surface area contributed by atoms with Crippen molar-refractivity contribution in [2.24, 2.45) is 11.7 Å². The molecule has 1 heterocycles. The van der Waals surface area contributed by atoms with E-state index >= 15 is 0 Å². The molecule has 8 nitrogen and oxygen atoms in total. The van der Waals surface area contributed by atoms with Gasteiger partial charge < -0.3 is 21.1 Å². The van der Waals surface area contributed by atoms with Crippen LogP contribution in [-0.2, 0) is 19.1 Å². The zero-order chi connectivity index (χ0) is 18.4. The number of carbonyl (C=O) groups excluding carboxylic acids is 4. The third kappa shape index (κ3) is 5.28. The van der Waals surface area contributed by atoms with Crippen LogP contribution in [0.25, 0.3) is 0 Å². The molecule has 9 heteroatoms. The number of nitrogens with one attached hydrogen (secondary N) is 2. The van der Waals surface area contributed by atoms with E-state index in [2.05, 4.69) is 10.6 Å². The van der Waals surface area contributed by atoms with Crippen molar-refractivity contribution < 1.29 is 23.9 Å². The molecular formula is C16H21N3O5S. The first-order valence-corrected chi connectivity index (χ1v) is 8.87. The molecule has 1 atom stereocenters. The SMILES string of the molecule is CC(=O)NC(C(=O)OCC(=O)Nc1sccc1C(N)=O)C1CCCC1. The van der Waals surface area contributed by atoms with Gasteiger partial charge in [0.1, 0.15) is 11.0 Å². The Balaban J connectivity index is 1.90. The maximum atomic E-state index is 12.3. The largest absolute Gasteiger partial charge is 0.454 e. The van der Waals surface area contributed by atoms with Gasteiger partial charge in [-0.25, -0.2) is 4.79 Å². The van der Waals surface area contributed by atoms with Crippen molar-refractivity contribution >= 4 is 40.0 Å². The Morgan fingerprint density at radius 2 is 2.00 bits per heavy atom. The fraction of sp³-hybridized carbons (Fsp3) is 0.500. The number of anilines is 1. The van der Waals surface area contributed by atoms with Crippen LogP contribution in [0.3, 0.4) is 0 Å². The van der Waals surface area contributed by atoms with Crippen LogP contribution in [0.15, 0.2) is 11.4 Å². The van der Waals surface area contributed by atoms with Crippen molar-refractivity contribution in [2.75, 3.05) is 11.9 Å². The first-order valence-electron chi connectivity index (χ1n) is 7.99. The van der Waals surface area contributed by atoms with E-state index in [1.54, 1.807) is 5.38 Å². The second kappa shape index (κ2) is 8.61. The number of rotatable bonds is 7. The van der Waals surface area contributed by atoms with Crippen LogP contribution >= 0.6 is 11.3 Å². The minimum atomic E-state index is -0.740. The molecule has 1 unspecified atom stereocenters. The predicted octanol–water partition coefficient (Wildman–Crippen LogP) is 1.02. The molecular weight excluding hydrogens is 346 g/mol. The van der Waals surface area contributed by atoms with E-state index in [0.717, 1.165) is 37.0 Å². The van der Waals surface area contributed by atoms with Crippen molar-refractivity contribution in [3.05, 3.63) is 17.0 Å². The molecule has 3 amide bonds. The van der Waals surface area contributed by atoms with Gasteiger partial charge in [-0.05, 0) is 30.2 Å². The predicted molar refractivity (Wildman–Crippen MR) is 92.0 cm³/mol. The highest BCUT2D eigenvalue weighted by atomic mass is 32.1. The minimum Gasteiger partial charge on any atom is -0.454 e. The number of hydrogen-bond acceptors (Lipinski definition) is 6. The zero-order valence-electron chi connectivity index (χ0n) is 13.9. The van der Waals surface area contributed by atoms with Crippen LogP contribution in [-0.4, -0.2) is 36.3 Å². The van der Waals surface area contributed by atoms with Crippen LogP contribution in [0.4, 0.5) is 5.00 Å². The maximum Gasteiger partial charge on any atom is 0.329 e. The zero-order valence-corrected chi connectivity index (χ0v) is 14.7. The molecule has 0 saturated heterocycles. The average Bonchev–Trinajstić information content (AvgIpc) is 3.21. The van der Waals surface area contributed by atoms with Gasteiger partial charge in [0.25, 0.3) is 11.8 Å². The Hall–Kier alpha value is -2.42. The molecule has 0 spiro atoms. The van der Waals surface area contributed by atoms with E-state index in [0.29, 0.717) is 5.00 Å². The van der Waals surface area contributed by atoms with Gasteiger partial charge in [-0.15, -0.1) is 11.3 Å². The van der Waals surface area contributed by atoms with Crippen LogP contribution in [0, 0.1) is 5.92 Å². The Bertz CT molecular complexity index is 666. The van der Waals surface area contributed by atoms with Crippen LogP contribution < -0.4 is 16.4 Å². The van der Waals surface area contributed by atoms with Crippen molar-refractivity contribution in [1.29, 1.82) is 0 Å². The molecule has 2 rings (SSSR count). The Morgan fingerprint density at radius 3 is 2.60 bits per heavy atom. The maximum absolute atomic E-state index is 12.3. The number of primary amides is 1. The Labute approximate surface area is 149 Å². The molecule has 25 heavy (non-hydrogen) atoms. The number of esters is 1. The molecule has 0 aromatic carbocycles. The molecule has 0 bridgehead atoms. The highest BCUT2D eigenvalue weighted by molar-refractivity contribution is 7.14. The molecule has 4 N–H and O–H groups in total. The molecule has 1 saturated carbocycles. The Morgan fingerprint density at radius 1 is 1.32 bits per heavy atom. The summed E-state index contributed by atoms with van der Waals surface area (Å²) in [6.45, 7) is 0.835. The lowest BCUT2D eigenvalue weighted by Crippen LogP contribution is -2.46. The highest BCUT2D eigenvalue weighted by Crippen LogP contribution is 2.28. The summed E-state index contributed by atoms with van der Waals surface area (Å²) in [5.74, 6) is -2.15. The average molecular weight is 367 g/mol. The van der Waals surface area contributed by atoms with E-state index in [4.69, 9.17) is 10.5 Å². The lowest BCUT2D eigenvalue weighted by Gasteiger charge is -2.22. The second-order valence-electron chi connectivity index (χ2n) is 5.91. The number of carbonyl (C=O) groups is 4. The van der Waals surface area contributed by atoms with Gasteiger partial charge in [0.05, 0.1) is 5.56 Å². The van der Waals surface area contributed by atoms with E-state index < -0.39 is 30.4 Å². The van der Waals surface area contributed by atoms with E-state index in [1.807, 2.05) is 0 Å². The van der Waals surface area contributed by atoms with Crippen LogP contribution in [0.1, 0.15) is 43.0 Å². The second-order valence-corrected chi connectivity index (χ2v) is 6.82. The van der Waals surface area contributed by atoms with Crippen molar-refractivity contribution in [1.82, 2.24) is 5.32 Å². The van der Waals surface area contributed by atoms with Gasteiger partial charge in [-0.1, -0.05) is 12.8 Å². The number of nitrogens with two attached hydrogens (primary N) is 1. The summed E-state index contributed by atoms with van der Waals surface area (Å²) in [4.78, 5) is 46.7. The summed E-state index contributed by atoms with van der Waals surface area (Å²) in [7, 11) is 0. The molecule has 0 radical (unpaired) electrons. The summed E-state index contributed by atoms with van der Waals surface area (Å²) >= 11 is 1.15. The highest BCUT2D eigenvalue weighted by Gasteiger charge is 2.32. The van der Waals surface area contributed by atoms with Gasteiger partial charge in [-0.3, -0.25) is 14.4 Å². The number of thiophene rings is 1. The van der Waals surface area contributed by atoms with Crippen molar-refractivity contribution in [3.8, 4) is 0 Å². The fourth-order valence-corrected chi connectivity index (χ4v) is 3.68. The number of hydrogen-bond donors (Lipinski definition) is 3. The molecule has 136 valence electrons. The molecule has 1 aromatic heterocycles. The minimum absolute atomic E-state index is 0.0261. The molecule has 1 aromatic rings. The lowest BCUT2D eigenvalue weighted by atomic mass is 9.98. The third-order valence-electron chi connectivity index (χ3n) is 4.01. The van der Waals surface area contributed by atoms with Crippen molar-refractivity contribution in [2.45, 2.75) is 38.6 Å². The fourth-order valence-electron chi connectivity index (χ4n) is 2.87. The van der Waals surface area contributed by atoms with E-state index in [1.165, 1.54) is 13.0 Å². The van der Waals surface area contributed by atoms with Crippen LogP contribution in [0.5, 0.6) is 0 Å². The summed E-state index contributed by atoms with van der Waals surface area (Å²) < 4.78 is 5.05. The molecule has 1 aliphatic carbocycles. The summed E-state index contributed by atoms with van der Waals surface area (Å²) in [6.07, 6.45) is 3.68. The normalized spacial score (nSPS) is 15.4. The third-order valence-corrected chi connectivity index (χ3v) is 4.84. The summed E-state index contributed by atoms with van der Waals surface area (Å²) in [5, 5.41) is 7.03. The van der Waals surface area contributed by atoms with Gasteiger partial charge in [0.15, 0.2) is 6.61 Å². The lowest BCUT2D eigenvalue weighted by molar-refractivity contribution is -0.152. The first kappa shape index (κ1) is 18.9. The topological polar surface area (TPSA) is 128 Å². The smallest absolute Gasteiger partial charge is 0.329 e. The summed E-state index contributed by atoms with van der Waals surface area (Å²) in [6, 6.07) is 0.761. The number of ether oxygens (including phenoxy) is 1. The quantitative estimate of drug-likeness (QED) is 0.620. The monoisotopic (exact) mass is 367 g/mol. The summed E-state index contributed by atoms with van der Waals surface area (Å²) in [5.41, 5.74) is 5.40. The van der Waals surface area contributed by atoms with Gasteiger partial charge >= 0.3 is 5.97 Å². The van der Waals surface area contributed by atoms with Crippen molar-refractivity contribution in [3.63, 3.8) is 0 Å². The standard InChI is InChI=1S/C16H21N3O5S/c1-9(20)18-13(10-4-2-3-5-10)16(23)24-8-12(21)19-15-11(14(17)22)6-7-25-15/h6-7,10,13H,2-5,8H2,1H3,(H2,17,22)(H,18,20)(H,19,21). The van der Waals surface area contributed by atoms with Gasteiger partial charge in [0, 0.05) is 6.92 Å². The molecule has 1 aliphatic rings. The molecule has 0 aliphatic heterocycles. The number of amides is 3. The van der Waals surface area contributed by atoms with Gasteiger partial charge in [0.2, 0.25) is 5.91 Å². The van der Waals surface area contributed by atoms with Gasteiger partial charge in [-0.2, -0.15) is 0 Å². The Kier molecular flexibility index (Phi) is 6.51. The first-order chi connectivity index (χ1) is 11.9. The molecule has 1 fully saturated rings.